The number of halogens is 1. The molecule has 1 heterocycles. The van der Waals surface area contributed by atoms with E-state index in [4.69, 9.17) is 5.11 Å². The van der Waals surface area contributed by atoms with E-state index in [9.17, 15) is 9.18 Å². The van der Waals surface area contributed by atoms with Crippen LogP contribution < -0.4 is 0 Å². The second-order valence-electron chi connectivity index (χ2n) is 2.43. The number of alkyl halides is 1. The van der Waals surface area contributed by atoms with Crippen molar-refractivity contribution in [2.45, 2.75) is 20.0 Å². The molecule has 1 unspecified atom stereocenters. The topological polar surface area (TPSA) is 63.3 Å². The highest BCUT2D eigenvalue weighted by atomic mass is 19.1. The fourth-order valence-corrected chi connectivity index (χ4v) is 0.919. The van der Waals surface area contributed by atoms with E-state index >= 15 is 0 Å². The minimum atomic E-state index is -1.45. The van der Waals surface area contributed by atoms with Gasteiger partial charge in [0.15, 0.2) is 11.9 Å². The number of hydrogen-bond acceptors (Lipinski definition) is 3. The minimum absolute atomic E-state index is 0.176. The van der Waals surface area contributed by atoms with Crippen molar-refractivity contribution in [1.82, 2.24) is 5.16 Å². The standard InChI is InChI=1S/C7H8FNO3/c1-3(8)6-5(7(10)11)4(2)9-12-6/h3H,1-2H3,(H,10,11). The van der Waals surface area contributed by atoms with Gasteiger partial charge in [0.2, 0.25) is 0 Å². The Morgan fingerprint density at radius 3 is 2.67 bits per heavy atom. The SMILES string of the molecule is Cc1noc(C(C)F)c1C(=O)O. The summed E-state index contributed by atoms with van der Waals surface area (Å²) in [6, 6.07) is 0. The molecule has 0 aliphatic carbocycles. The van der Waals surface area contributed by atoms with Gasteiger partial charge in [0.05, 0.1) is 5.69 Å². The maximum atomic E-state index is 12.7. The van der Waals surface area contributed by atoms with Gasteiger partial charge in [-0.1, -0.05) is 5.16 Å². The number of aromatic nitrogens is 1. The maximum absolute atomic E-state index is 12.7. The molecular formula is C7H8FNO3. The van der Waals surface area contributed by atoms with Gasteiger partial charge in [-0.05, 0) is 13.8 Å². The zero-order chi connectivity index (χ0) is 9.30. The highest BCUT2D eigenvalue weighted by Gasteiger charge is 2.23. The monoisotopic (exact) mass is 173 g/mol. The van der Waals surface area contributed by atoms with Crippen LogP contribution in [-0.2, 0) is 0 Å². The van der Waals surface area contributed by atoms with Crippen molar-refractivity contribution in [2.75, 3.05) is 0 Å². The summed E-state index contributed by atoms with van der Waals surface area (Å²) in [7, 11) is 0. The third-order valence-corrected chi connectivity index (χ3v) is 1.46. The maximum Gasteiger partial charge on any atom is 0.341 e. The molecule has 0 aliphatic rings. The van der Waals surface area contributed by atoms with Crippen molar-refractivity contribution in [3.8, 4) is 0 Å². The Morgan fingerprint density at radius 2 is 2.33 bits per heavy atom. The summed E-state index contributed by atoms with van der Waals surface area (Å²) in [4.78, 5) is 10.5. The molecule has 0 bridgehead atoms. The Hall–Kier alpha value is -1.39. The van der Waals surface area contributed by atoms with Crippen LogP contribution in [0.4, 0.5) is 4.39 Å². The molecule has 1 aromatic heterocycles. The van der Waals surface area contributed by atoms with Gasteiger partial charge in [0.25, 0.3) is 0 Å². The normalized spacial score (nSPS) is 12.9. The first kappa shape index (κ1) is 8.70. The van der Waals surface area contributed by atoms with Gasteiger partial charge < -0.3 is 9.63 Å². The summed E-state index contributed by atoms with van der Waals surface area (Å²) in [5.41, 5.74) is 0.0204. The lowest BCUT2D eigenvalue weighted by Crippen LogP contribution is -2.01. The van der Waals surface area contributed by atoms with Crippen LogP contribution in [0, 0.1) is 6.92 Å². The average Bonchev–Trinajstić information content (AvgIpc) is 2.30. The third kappa shape index (κ3) is 1.30. The summed E-state index contributed by atoms with van der Waals surface area (Å²) >= 11 is 0. The molecule has 0 amide bonds. The van der Waals surface area contributed by atoms with E-state index in [2.05, 4.69) is 9.68 Å². The molecule has 66 valence electrons. The molecule has 0 radical (unpaired) electrons. The number of hydrogen-bond donors (Lipinski definition) is 1. The number of nitrogens with zero attached hydrogens (tertiary/aromatic N) is 1. The summed E-state index contributed by atoms with van der Waals surface area (Å²) in [6.45, 7) is 2.66. The number of rotatable bonds is 2. The van der Waals surface area contributed by atoms with Crippen LogP contribution in [0.5, 0.6) is 0 Å². The average molecular weight is 173 g/mol. The van der Waals surface area contributed by atoms with Crippen LogP contribution >= 0.6 is 0 Å². The van der Waals surface area contributed by atoms with Crippen molar-refractivity contribution < 1.29 is 18.8 Å². The van der Waals surface area contributed by atoms with Gasteiger partial charge in [0.1, 0.15) is 5.56 Å². The largest absolute Gasteiger partial charge is 0.477 e. The van der Waals surface area contributed by atoms with E-state index < -0.39 is 12.1 Å². The molecule has 1 rings (SSSR count). The van der Waals surface area contributed by atoms with Crippen LogP contribution in [0.25, 0.3) is 0 Å². The number of carboxylic acid groups (broad SMARTS) is 1. The molecule has 4 nitrogen and oxygen atoms in total. The zero-order valence-corrected chi connectivity index (χ0v) is 6.67. The molecule has 0 saturated carbocycles. The quantitative estimate of drug-likeness (QED) is 0.739. The molecule has 1 atom stereocenters. The molecule has 0 fully saturated rings. The van der Waals surface area contributed by atoms with Crippen molar-refractivity contribution in [1.29, 1.82) is 0 Å². The predicted molar refractivity (Wildman–Crippen MR) is 37.7 cm³/mol. The van der Waals surface area contributed by atoms with Crippen molar-refractivity contribution >= 4 is 5.97 Å². The van der Waals surface area contributed by atoms with Crippen LogP contribution in [-0.4, -0.2) is 16.2 Å². The molecule has 0 spiro atoms. The van der Waals surface area contributed by atoms with E-state index in [1.54, 1.807) is 0 Å². The van der Waals surface area contributed by atoms with Gasteiger partial charge in [-0.2, -0.15) is 0 Å². The number of aromatic carboxylic acids is 1. The minimum Gasteiger partial charge on any atom is -0.477 e. The fraction of sp³-hybridized carbons (Fsp3) is 0.429. The fourth-order valence-electron chi connectivity index (χ4n) is 0.919. The van der Waals surface area contributed by atoms with Gasteiger partial charge in [-0.25, -0.2) is 9.18 Å². The van der Waals surface area contributed by atoms with E-state index in [0.717, 1.165) is 0 Å². The molecular weight excluding hydrogens is 165 g/mol. The predicted octanol–water partition coefficient (Wildman–Crippen LogP) is 1.71. The van der Waals surface area contributed by atoms with Crippen molar-refractivity contribution in [3.63, 3.8) is 0 Å². The van der Waals surface area contributed by atoms with Gasteiger partial charge >= 0.3 is 5.97 Å². The van der Waals surface area contributed by atoms with Crippen LogP contribution in [0.1, 0.15) is 34.9 Å². The van der Waals surface area contributed by atoms with Crippen molar-refractivity contribution in [2.24, 2.45) is 0 Å². The lowest BCUT2D eigenvalue weighted by atomic mass is 10.1. The van der Waals surface area contributed by atoms with Crippen molar-refractivity contribution in [3.05, 3.63) is 17.0 Å². The highest BCUT2D eigenvalue weighted by molar-refractivity contribution is 5.89. The van der Waals surface area contributed by atoms with Gasteiger partial charge in [-0.15, -0.1) is 0 Å². The molecule has 0 saturated heterocycles. The van der Waals surface area contributed by atoms with E-state index in [1.165, 1.54) is 13.8 Å². The van der Waals surface area contributed by atoms with Crippen LogP contribution in [0.2, 0.25) is 0 Å². The second kappa shape index (κ2) is 2.92. The Kier molecular flexibility index (Phi) is 2.12. The summed E-state index contributed by atoms with van der Waals surface area (Å²) in [5, 5.41) is 12.0. The third-order valence-electron chi connectivity index (χ3n) is 1.46. The van der Waals surface area contributed by atoms with E-state index in [1.807, 2.05) is 0 Å². The lowest BCUT2D eigenvalue weighted by molar-refractivity contribution is 0.0690. The summed E-state index contributed by atoms with van der Waals surface area (Å²) < 4.78 is 17.2. The van der Waals surface area contributed by atoms with Crippen LogP contribution in [0.15, 0.2) is 4.52 Å². The van der Waals surface area contributed by atoms with Gasteiger partial charge in [-0.3, -0.25) is 0 Å². The number of carbonyl (C=O) groups is 1. The molecule has 0 aromatic carbocycles. The first-order valence-corrected chi connectivity index (χ1v) is 3.37. The molecule has 1 N–H and O–H groups in total. The lowest BCUT2D eigenvalue weighted by Gasteiger charge is -1.96. The number of carboxylic acids is 1. The van der Waals surface area contributed by atoms with E-state index in [-0.39, 0.29) is 17.0 Å². The Bertz CT molecular complexity index is 306. The Balaban J connectivity index is 3.21. The van der Waals surface area contributed by atoms with E-state index in [0.29, 0.717) is 0 Å². The summed E-state index contributed by atoms with van der Waals surface area (Å²) in [5.74, 6) is -1.44. The van der Waals surface area contributed by atoms with Gasteiger partial charge in [0, 0.05) is 0 Å². The Labute approximate surface area is 68.0 Å². The second-order valence-corrected chi connectivity index (χ2v) is 2.43. The molecule has 5 heteroatoms. The number of aryl methyl sites for hydroxylation is 1. The highest BCUT2D eigenvalue weighted by Crippen LogP contribution is 2.23. The smallest absolute Gasteiger partial charge is 0.341 e. The molecule has 1 aromatic rings. The summed E-state index contributed by atoms with van der Waals surface area (Å²) in [6.07, 6.45) is -1.45. The molecule has 0 aliphatic heterocycles. The first-order chi connectivity index (χ1) is 5.54. The Morgan fingerprint density at radius 1 is 1.75 bits per heavy atom. The first-order valence-electron chi connectivity index (χ1n) is 3.37. The van der Waals surface area contributed by atoms with Crippen LogP contribution in [0.3, 0.4) is 0 Å². The zero-order valence-electron chi connectivity index (χ0n) is 6.67. The molecule has 12 heavy (non-hydrogen) atoms.